The molecule has 1 unspecified atom stereocenters. The van der Waals surface area contributed by atoms with E-state index in [-0.39, 0.29) is 27.8 Å². The van der Waals surface area contributed by atoms with E-state index in [2.05, 4.69) is 10.6 Å². The van der Waals surface area contributed by atoms with E-state index in [0.717, 1.165) is 23.1 Å². The molecule has 0 radical (unpaired) electrons. The predicted molar refractivity (Wildman–Crippen MR) is 120 cm³/mol. The van der Waals surface area contributed by atoms with Gasteiger partial charge in [-0.1, -0.05) is 23.7 Å². The van der Waals surface area contributed by atoms with Crippen molar-refractivity contribution in [2.75, 3.05) is 18.6 Å². The minimum Gasteiger partial charge on any atom is -0.463 e. The Kier molecular flexibility index (Phi) is 7.47. The van der Waals surface area contributed by atoms with E-state index >= 15 is 0 Å². The van der Waals surface area contributed by atoms with Gasteiger partial charge in [-0.25, -0.2) is 22.4 Å². The molecule has 2 aromatic carbocycles. The lowest BCUT2D eigenvalue weighted by Crippen LogP contribution is -2.47. The zero-order valence-electron chi connectivity index (χ0n) is 17.1. The summed E-state index contributed by atoms with van der Waals surface area (Å²) in [5.41, 5.74) is 0.437. The number of esters is 1. The van der Waals surface area contributed by atoms with Gasteiger partial charge in [-0.3, -0.25) is 0 Å². The van der Waals surface area contributed by atoms with E-state index in [4.69, 9.17) is 16.3 Å². The molecule has 7 nitrogen and oxygen atoms in total. The summed E-state index contributed by atoms with van der Waals surface area (Å²) in [6.45, 7) is 1.68. The number of sulfone groups is 1. The van der Waals surface area contributed by atoms with E-state index in [1.807, 2.05) is 18.4 Å². The molecular weight excluding hydrogens is 479 g/mol. The summed E-state index contributed by atoms with van der Waals surface area (Å²) in [6, 6.07) is 8.55. The highest BCUT2D eigenvalue weighted by molar-refractivity contribution is 7.98. The molecule has 0 aromatic heterocycles. The average molecular weight is 499 g/mol. The highest BCUT2D eigenvalue weighted by Gasteiger charge is 2.35. The minimum absolute atomic E-state index is 0.0277. The highest BCUT2D eigenvalue weighted by Crippen LogP contribution is 2.31. The van der Waals surface area contributed by atoms with E-state index in [0.29, 0.717) is 5.56 Å². The molecule has 1 heterocycles. The number of rotatable bonds is 7. The van der Waals surface area contributed by atoms with Gasteiger partial charge in [0.05, 0.1) is 33.9 Å². The average Bonchev–Trinajstić information content (AvgIpc) is 2.75. The second-order valence-corrected chi connectivity index (χ2v) is 10.0. The number of nitrogens with one attached hydrogen (secondary N) is 2. The number of thioether (sulfide) groups is 1. The number of urea groups is 1. The Morgan fingerprint density at radius 2 is 1.91 bits per heavy atom. The van der Waals surface area contributed by atoms with Crippen LogP contribution in [0.3, 0.4) is 0 Å². The first kappa shape index (κ1) is 24.1. The van der Waals surface area contributed by atoms with E-state index in [1.54, 1.807) is 19.1 Å². The predicted octanol–water partition coefficient (Wildman–Crippen LogP) is 3.85. The van der Waals surface area contributed by atoms with Crippen LogP contribution >= 0.6 is 23.4 Å². The zero-order chi connectivity index (χ0) is 23.5. The molecule has 1 atom stereocenters. The number of hydrogen-bond acceptors (Lipinski definition) is 6. The number of hydrogen-bond donors (Lipinski definition) is 2. The van der Waals surface area contributed by atoms with Crippen LogP contribution in [0, 0.1) is 5.82 Å². The number of amides is 2. The molecule has 3 rings (SSSR count). The second kappa shape index (κ2) is 9.93. The van der Waals surface area contributed by atoms with Gasteiger partial charge in [0.15, 0.2) is 9.84 Å². The van der Waals surface area contributed by atoms with Crippen molar-refractivity contribution in [3.63, 3.8) is 0 Å². The van der Waals surface area contributed by atoms with Crippen LogP contribution in [-0.2, 0) is 19.4 Å². The van der Waals surface area contributed by atoms with Gasteiger partial charge in [0, 0.05) is 10.6 Å². The van der Waals surface area contributed by atoms with E-state index in [9.17, 15) is 22.4 Å². The Hall–Kier alpha value is -2.56. The summed E-state index contributed by atoms with van der Waals surface area (Å²) in [7, 11) is -4.08. The van der Waals surface area contributed by atoms with Crippen molar-refractivity contribution in [2.45, 2.75) is 22.8 Å². The standard InChI is InChI=1S/C21H20ClFN2O5S2/c1-3-30-20(26)18-17(11-32(28,29)14-8-9-16(23)15(22)10-14)24-21(27)25-19(18)12-4-6-13(31-2)7-5-12/h4-10,19H,3,11H2,1-2H3,(H2,24,25,27). The van der Waals surface area contributed by atoms with Gasteiger partial charge in [0.25, 0.3) is 0 Å². The Morgan fingerprint density at radius 3 is 2.50 bits per heavy atom. The van der Waals surface area contributed by atoms with Gasteiger partial charge in [-0.05, 0) is 49.1 Å². The number of halogens is 2. The monoisotopic (exact) mass is 498 g/mol. The fourth-order valence-corrected chi connectivity index (χ4v) is 5.17. The molecule has 1 aliphatic rings. The van der Waals surface area contributed by atoms with Crippen molar-refractivity contribution in [3.8, 4) is 0 Å². The lowest BCUT2D eigenvalue weighted by molar-refractivity contribution is -0.139. The van der Waals surface area contributed by atoms with Crippen molar-refractivity contribution in [3.05, 3.63) is 70.1 Å². The Morgan fingerprint density at radius 1 is 1.22 bits per heavy atom. The molecule has 0 fully saturated rings. The first-order chi connectivity index (χ1) is 15.2. The van der Waals surface area contributed by atoms with Crippen LogP contribution in [0.25, 0.3) is 0 Å². The van der Waals surface area contributed by atoms with E-state index in [1.165, 1.54) is 11.8 Å². The summed E-state index contributed by atoms with van der Waals surface area (Å²) in [6.07, 6.45) is 1.91. The maximum Gasteiger partial charge on any atom is 0.338 e. The molecule has 11 heteroatoms. The lowest BCUT2D eigenvalue weighted by atomic mass is 9.95. The number of benzene rings is 2. The summed E-state index contributed by atoms with van der Waals surface area (Å²) in [5, 5.41) is 4.71. The lowest BCUT2D eigenvalue weighted by Gasteiger charge is -2.29. The normalized spacial score (nSPS) is 16.4. The largest absolute Gasteiger partial charge is 0.463 e. The molecule has 0 aliphatic carbocycles. The van der Waals surface area contributed by atoms with Crippen molar-refractivity contribution in [2.24, 2.45) is 0 Å². The minimum atomic E-state index is -4.08. The SMILES string of the molecule is CCOC(=O)C1=C(CS(=O)(=O)c2ccc(F)c(Cl)c2)NC(=O)NC1c1ccc(SC)cc1. The third-order valence-electron chi connectivity index (χ3n) is 4.68. The zero-order valence-corrected chi connectivity index (χ0v) is 19.5. The second-order valence-electron chi connectivity index (χ2n) is 6.75. The number of ether oxygens (including phenoxy) is 1. The summed E-state index contributed by atoms with van der Waals surface area (Å²) in [4.78, 5) is 25.9. The van der Waals surface area contributed by atoms with Crippen molar-refractivity contribution in [1.29, 1.82) is 0 Å². The summed E-state index contributed by atoms with van der Waals surface area (Å²) in [5.74, 6) is -2.24. The smallest absolute Gasteiger partial charge is 0.338 e. The molecule has 0 saturated heterocycles. The molecule has 0 spiro atoms. The van der Waals surface area contributed by atoms with Crippen molar-refractivity contribution < 1.29 is 27.1 Å². The molecule has 1 aliphatic heterocycles. The Balaban J connectivity index is 2.09. The van der Waals surface area contributed by atoms with Gasteiger partial charge in [-0.15, -0.1) is 11.8 Å². The molecule has 0 bridgehead atoms. The number of carbonyl (C=O) groups is 2. The highest BCUT2D eigenvalue weighted by atomic mass is 35.5. The molecule has 32 heavy (non-hydrogen) atoms. The Labute approximate surface area is 194 Å². The maximum atomic E-state index is 13.5. The van der Waals surface area contributed by atoms with Gasteiger partial charge in [0.1, 0.15) is 5.82 Å². The quantitative estimate of drug-likeness (QED) is 0.341. The fourth-order valence-electron chi connectivity index (χ4n) is 3.17. The van der Waals surface area contributed by atoms with Crippen LogP contribution in [0.2, 0.25) is 5.02 Å². The topological polar surface area (TPSA) is 102 Å². The van der Waals surface area contributed by atoms with E-state index < -0.39 is 39.4 Å². The van der Waals surface area contributed by atoms with Crippen LogP contribution < -0.4 is 10.6 Å². The third kappa shape index (κ3) is 5.25. The summed E-state index contributed by atoms with van der Waals surface area (Å²) >= 11 is 7.26. The Bertz CT molecular complexity index is 1180. The summed E-state index contributed by atoms with van der Waals surface area (Å²) < 4.78 is 44.6. The first-order valence-corrected chi connectivity index (χ1v) is 12.7. The number of carbonyl (C=O) groups excluding carboxylic acids is 2. The van der Waals surface area contributed by atoms with Crippen molar-refractivity contribution in [1.82, 2.24) is 10.6 Å². The van der Waals surface area contributed by atoms with Gasteiger partial charge >= 0.3 is 12.0 Å². The van der Waals surface area contributed by atoms with Crippen LogP contribution in [0.1, 0.15) is 18.5 Å². The van der Waals surface area contributed by atoms with Crippen LogP contribution in [-0.4, -0.2) is 39.0 Å². The van der Waals surface area contributed by atoms with Crippen LogP contribution in [0.4, 0.5) is 9.18 Å². The molecular formula is C21H20ClFN2O5S2. The fraction of sp³-hybridized carbons (Fsp3) is 0.238. The molecule has 2 N–H and O–H groups in total. The maximum absolute atomic E-state index is 13.5. The van der Waals surface area contributed by atoms with Gasteiger partial charge in [0.2, 0.25) is 0 Å². The van der Waals surface area contributed by atoms with Crippen LogP contribution in [0.5, 0.6) is 0 Å². The molecule has 2 amide bonds. The first-order valence-electron chi connectivity index (χ1n) is 9.45. The molecule has 170 valence electrons. The van der Waals surface area contributed by atoms with Gasteiger partial charge in [-0.2, -0.15) is 0 Å². The van der Waals surface area contributed by atoms with Crippen molar-refractivity contribution >= 4 is 45.2 Å². The van der Waals surface area contributed by atoms with Crippen LogP contribution in [0.15, 0.2) is 63.5 Å². The molecule has 2 aromatic rings. The van der Waals surface area contributed by atoms with Gasteiger partial charge < -0.3 is 15.4 Å². The third-order valence-corrected chi connectivity index (χ3v) is 7.36. The molecule has 0 saturated carbocycles.